The quantitative estimate of drug-likeness (QED) is 0.536. The second kappa shape index (κ2) is 8.35. The van der Waals surface area contributed by atoms with E-state index in [1.807, 2.05) is 29.9 Å². The maximum Gasteiger partial charge on any atom is 0.122 e. The number of halogens is 1. The maximum atomic E-state index is 5.95. The Morgan fingerprint density at radius 1 is 1.35 bits per heavy atom. The molecule has 0 aliphatic heterocycles. The Kier molecular flexibility index (Phi) is 6.43. The fourth-order valence-corrected chi connectivity index (χ4v) is 3.12. The summed E-state index contributed by atoms with van der Waals surface area (Å²) in [6, 6.07) is 4.09. The molecule has 20 heavy (non-hydrogen) atoms. The van der Waals surface area contributed by atoms with Crippen LogP contribution in [0.15, 0.2) is 29.9 Å². The van der Waals surface area contributed by atoms with Crippen LogP contribution in [0.25, 0.3) is 0 Å². The summed E-state index contributed by atoms with van der Waals surface area (Å²) in [6.07, 6.45) is 6.71. The lowest BCUT2D eigenvalue weighted by Gasteiger charge is -2.13. The monoisotopic (exact) mass is 310 g/mol. The van der Waals surface area contributed by atoms with Crippen molar-refractivity contribution in [3.05, 3.63) is 46.2 Å². The minimum Gasteiger partial charge on any atom is -0.371 e. The molecule has 2 aromatic heterocycles. The number of hydrogen-bond acceptors (Lipinski definition) is 4. The molecule has 1 atom stereocenters. The number of hydrogen-bond donors (Lipinski definition) is 0. The maximum absolute atomic E-state index is 5.95. The number of alkyl halides is 1. The van der Waals surface area contributed by atoms with E-state index in [9.17, 15) is 0 Å². The van der Waals surface area contributed by atoms with Crippen LogP contribution >= 0.6 is 22.9 Å². The molecule has 0 spiro atoms. The first-order valence-electron chi connectivity index (χ1n) is 6.84. The van der Waals surface area contributed by atoms with Gasteiger partial charge in [0.1, 0.15) is 11.1 Å². The summed E-state index contributed by atoms with van der Waals surface area (Å²) in [5.74, 6) is 0.467. The lowest BCUT2D eigenvalue weighted by atomic mass is 10.1. The molecular formula is C15H19ClN2OS. The molecule has 2 heterocycles. The van der Waals surface area contributed by atoms with Gasteiger partial charge in [0.05, 0.1) is 11.6 Å². The largest absolute Gasteiger partial charge is 0.371 e. The van der Waals surface area contributed by atoms with Crippen molar-refractivity contribution in [2.45, 2.75) is 38.2 Å². The molecular weight excluding hydrogens is 292 g/mol. The van der Waals surface area contributed by atoms with Gasteiger partial charge in [-0.15, -0.1) is 22.9 Å². The summed E-state index contributed by atoms with van der Waals surface area (Å²) >= 11 is 7.41. The van der Waals surface area contributed by atoms with Crippen molar-refractivity contribution in [1.29, 1.82) is 0 Å². The van der Waals surface area contributed by atoms with Gasteiger partial charge in [-0.3, -0.25) is 4.98 Å². The van der Waals surface area contributed by atoms with E-state index in [2.05, 4.69) is 16.9 Å². The molecule has 108 valence electrons. The van der Waals surface area contributed by atoms with Crippen molar-refractivity contribution < 1.29 is 4.74 Å². The van der Waals surface area contributed by atoms with Gasteiger partial charge in [0.15, 0.2) is 0 Å². The highest BCUT2D eigenvalue weighted by Gasteiger charge is 2.13. The minimum absolute atomic E-state index is 0.0920. The van der Waals surface area contributed by atoms with E-state index in [0.29, 0.717) is 5.88 Å². The average molecular weight is 311 g/mol. The van der Waals surface area contributed by atoms with E-state index in [-0.39, 0.29) is 6.10 Å². The highest BCUT2D eigenvalue weighted by Crippen LogP contribution is 2.25. The van der Waals surface area contributed by atoms with Crippen LogP contribution in [0.5, 0.6) is 0 Å². The van der Waals surface area contributed by atoms with Crippen molar-refractivity contribution in [3.63, 3.8) is 0 Å². The molecule has 0 saturated carbocycles. The fraction of sp³-hybridized carbons (Fsp3) is 0.467. The van der Waals surface area contributed by atoms with Gasteiger partial charge in [-0.05, 0) is 37.0 Å². The van der Waals surface area contributed by atoms with E-state index in [4.69, 9.17) is 16.3 Å². The normalized spacial score (nSPS) is 12.5. The van der Waals surface area contributed by atoms with Crippen LogP contribution < -0.4 is 0 Å². The van der Waals surface area contributed by atoms with Crippen molar-refractivity contribution in [2.24, 2.45) is 0 Å². The summed E-state index contributed by atoms with van der Waals surface area (Å²) < 4.78 is 5.95. The summed E-state index contributed by atoms with van der Waals surface area (Å²) in [5.41, 5.74) is 2.24. The molecule has 2 rings (SSSR count). The first-order valence-corrected chi connectivity index (χ1v) is 8.25. The number of nitrogens with zero attached hydrogens (tertiary/aromatic N) is 2. The van der Waals surface area contributed by atoms with Gasteiger partial charge >= 0.3 is 0 Å². The molecule has 0 aromatic carbocycles. The number of ether oxygens (including phenoxy) is 1. The molecule has 1 unspecified atom stereocenters. The molecule has 0 fully saturated rings. The molecule has 0 aliphatic rings. The molecule has 0 saturated heterocycles. The predicted octanol–water partition coefficient (Wildman–Crippen LogP) is 4.38. The Morgan fingerprint density at radius 2 is 2.15 bits per heavy atom. The predicted molar refractivity (Wildman–Crippen MR) is 83.2 cm³/mol. The lowest BCUT2D eigenvalue weighted by Crippen LogP contribution is -2.05. The zero-order valence-corrected chi connectivity index (χ0v) is 13.2. The first kappa shape index (κ1) is 15.4. The van der Waals surface area contributed by atoms with Crippen LogP contribution in [0.4, 0.5) is 0 Å². The van der Waals surface area contributed by atoms with Gasteiger partial charge in [0.25, 0.3) is 0 Å². The second-order valence-electron chi connectivity index (χ2n) is 4.54. The zero-order valence-electron chi connectivity index (χ0n) is 11.6. The molecule has 3 nitrogen and oxygen atoms in total. The SMILES string of the molecule is CCC(OCCCc1ccncc1)c1nc(CCl)cs1. The number of thiazole rings is 1. The van der Waals surface area contributed by atoms with Gasteiger partial charge in [0, 0.05) is 24.4 Å². The summed E-state index contributed by atoms with van der Waals surface area (Å²) in [5, 5.41) is 3.04. The standard InChI is InChI=1S/C15H19ClN2OS/c1-2-14(15-18-13(10-16)11-20-15)19-9-3-4-12-5-7-17-8-6-12/h5-8,11,14H,2-4,9-10H2,1H3. The van der Waals surface area contributed by atoms with Crippen LogP contribution in [-0.4, -0.2) is 16.6 Å². The lowest BCUT2D eigenvalue weighted by molar-refractivity contribution is 0.0483. The average Bonchev–Trinajstić information content (AvgIpc) is 2.97. The highest BCUT2D eigenvalue weighted by molar-refractivity contribution is 7.09. The Bertz CT molecular complexity index is 504. The molecule has 0 radical (unpaired) electrons. The number of rotatable bonds is 8. The van der Waals surface area contributed by atoms with Crippen LogP contribution in [0.2, 0.25) is 0 Å². The summed E-state index contributed by atoms with van der Waals surface area (Å²) in [7, 11) is 0. The molecule has 0 N–H and O–H groups in total. The van der Waals surface area contributed by atoms with Crippen molar-refractivity contribution in [2.75, 3.05) is 6.61 Å². The molecule has 2 aromatic rings. The smallest absolute Gasteiger partial charge is 0.122 e. The second-order valence-corrected chi connectivity index (χ2v) is 5.69. The van der Waals surface area contributed by atoms with Crippen LogP contribution in [0, 0.1) is 0 Å². The van der Waals surface area contributed by atoms with Crippen molar-refractivity contribution in [3.8, 4) is 0 Å². The van der Waals surface area contributed by atoms with Gasteiger partial charge in [-0.2, -0.15) is 0 Å². The fourth-order valence-electron chi connectivity index (χ4n) is 1.95. The van der Waals surface area contributed by atoms with E-state index in [0.717, 1.165) is 36.6 Å². The molecule has 0 aliphatic carbocycles. The first-order chi connectivity index (χ1) is 9.83. The van der Waals surface area contributed by atoms with E-state index < -0.39 is 0 Å². The van der Waals surface area contributed by atoms with Crippen LogP contribution in [0.1, 0.15) is 42.1 Å². The van der Waals surface area contributed by atoms with E-state index in [1.165, 1.54) is 5.56 Å². The third-order valence-electron chi connectivity index (χ3n) is 3.03. The minimum atomic E-state index is 0.0920. The number of pyridine rings is 1. The topological polar surface area (TPSA) is 35.0 Å². The van der Waals surface area contributed by atoms with Crippen LogP contribution in [0.3, 0.4) is 0 Å². The van der Waals surface area contributed by atoms with Gasteiger partial charge in [-0.1, -0.05) is 6.92 Å². The third-order valence-corrected chi connectivity index (χ3v) is 4.29. The van der Waals surface area contributed by atoms with E-state index >= 15 is 0 Å². The summed E-state index contributed by atoms with van der Waals surface area (Å²) in [4.78, 5) is 8.51. The Morgan fingerprint density at radius 3 is 2.80 bits per heavy atom. The highest BCUT2D eigenvalue weighted by atomic mass is 35.5. The van der Waals surface area contributed by atoms with Crippen LogP contribution in [-0.2, 0) is 17.0 Å². The number of aryl methyl sites for hydroxylation is 1. The third kappa shape index (κ3) is 4.54. The molecule has 0 amide bonds. The van der Waals surface area contributed by atoms with Gasteiger partial charge < -0.3 is 4.74 Å². The van der Waals surface area contributed by atoms with Gasteiger partial charge in [-0.25, -0.2) is 4.98 Å². The molecule has 0 bridgehead atoms. The Balaban J connectivity index is 1.76. The van der Waals surface area contributed by atoms with E-state index in [1.54, 1.807) is 11.3 Å². The van der Waals surface area contributed by atoms with Crippen molar-refractivity contribution >= 4 is 22.9 Å². The number of aromatic nitrogens is 2. The summed E-state index contributed by atoms with van der Waals surface area (Å²) in [6.45, 7) is 2.87. The Labute approximate surface area is 129 Å². The Hall–Kier alpha value is -0.970. The van der Waals surface area contributed by atoms with Gasteiger partial charge in [0.2, 0.25) is 0 Å². The molecule has 5 heteroatoms. The van der Waals surface area contributed by atoms with Crippen molar-refractivity contribution in [1.82, 2.24) is 9.97 Å². The zero-order chi connectivity index (χ0) is 14.2.